The van der Waals surface area contributed by atoms with E-state index in [0.717, 1.165) is 35.0 Å². The molecular weight excluding hydrogens is 568 g/mol. The average molecular weight is 601 g/mol. The van der Waals surface area contributed by atoms with Crippen LogP contribution in [0.5, 0.6) is 5.75 Å². The largest absolute Gasteiger partial charge is 0.533 e. The summed E-state index contributed by atoms with van der Waals surface area (Å²) in [6.45, 7) is 2.62. The quantitative estimate of drug-likeness (QED) is 0.0483. The zero-order valence-corrected chi connectivity index (χ0v) is 24.9. The maximum absolute atomic E-state index is 11.8. The zero-order chi connectivity index (χ0) is 31.3. The van der Waals surface area contributed by atoms with E-state index in [1.165, 1.54) is 0 Å². The summed E-state index contributed by atoms with van der Waals surface area (Å²) in [6, 6.07) is 33.3. The number of nitrogens with zero attached hydrogens (tertiary/aromatic N) is 6. The summed E-state index contributed by atoms with van der Waals surface area (Å²) >= 11 is 0. The highest BCUT2D eigenvalue weighted by atomic mass is 16.8. The lowest BCUT2D eigenvalue weighted by Gasteiger charge is -2.06. The molecule has 0 atom stereocenters. The van der Waals surface area contributed by atoms with Crippen LogP contribution in [-0.2, 0) is 4.84 Å². The van der Waals surface area contributed by atoms with Gasteiger partial charge in [-0.3, -0.25) is 0 Å². The Kier molecular flexibility index (Phi) is 10.6. The number of benzene rings is 5. The fourth-order valence-electron chi connectivity index (χ4n) is 4.12. The molecule has 0 saturated carbocycles. The van der Waals surface area contributed by atoms with E-state index in [1.807, 2.05) is 98.9 Å². The topological polar surface area (TPSA) is 134 Å². The number of fused-ring (bicyclic) bond motifs is 1. The molecule has 0 radical (unpaired) electrons. The van der Waals surface area contributed by atoms with E-state index in [9.17, 15) is 4.79 Å². The number of unbranched alkanes of at least 4 members (excludes halogenated alkanes) is 1. The summed E-state index contributed by atoms with van der Waals surface area (Å²) in [7, 11) is 1.87. The summed E-state index contributed by atoms with van der Waals surface area (Å²) in [5.41, 5.74) is 7.75. The number of azo groups is 3. The number of nitrogens with one attached hydrogen (secondary N) is 2. The maximum atomic E-state index is 11.8. The first kappa shape index (κ1) is 30.6. The van der Waals surface area contributed by atoms with Gasteiger partial charge in [-0.15, -0.1) is 15.7 Å². The van der Waals surface area contributed by atoms with Crippen molar-refractivity contribution in [2.24, 2.45) is 30.7 Å². The minimum atomic E-state index is -0.824. The first-order valence-electron chi connectivity index (χ1n) is 14.5. The third-order valence-electron chi connectivity index (χ3n) is 6.54. The Balaban J connectivity index is 1.23. The van der Waals surface area contributed by atoms with Gasteiger partial charge in [0.15, 0.2) is 0 Å². The van der Waals surface area contributed by atoms with Gasteiger partial charge in [-0.25, -0.2) is 4.79 Å². The van der Waals surface area contributed by atoms with Crippen LogP contribution in [0.1, 0.15) is 19.8 Å². The third-order valence-corrected chi connectivity index (χ3v) is 6.54. The Morgan fingerprint density at radius 2 is 1.09 bits per heavy atom. The van der Waals surface area contributed by atoms with Crippen LogP contribution in [0.3, 0.4) is 0 Å². The van der Waals surface area contributed by atoms with Gasteiger partial charge in [-0.1, -0.05) is 37.6 Å². The molecule has 0 fully saturated rings. The van der Waals surface area contributed by atoms with E-state index in [1.54, 1.807) is 24.3 Å². The molecule has 11 nitrogen and oxygen atoms in total. The first-order valence-corrected chi connectivity index (χ1v) is 14.5. The summed E-state index contributed by atoms with van der Waals surface area (Å²) in [4.78, 5) is 16.6. The van der Waals surface area contributed by atoms with Gasteiger partial charge in [-0.05, 0) is 91.3 Å². The third kappa shape index (κ3) is 8.85. The number of anilines is 1. The van der Waals surface area contributed by atoms with Crippen molar-refractivity contribution >= 4 is 56.7 Å². The lowest BCUT2D eigenvalue weighted by atomic mass is 10.1. The van der Waals surface area contributed by atoms with Gasteiger partial charge in [0.05, 0.1) is 34.1 Å². The van der Waals surface area contributed by atoms with E-state index < -0.39 is 6.16 Å². The SMILES string of the molecule is CCCCNOC(=O)Oc1ccc(N=Nc2ccc(N=Nc3ccc(N=Nc4ccc(NC)cc4)cc3)c3ccccc23)cc1. The van der Waals surface area contributed by atoms with Crippen LogP contribution < -0.4 is 15.5 Å². The lowest BCUT2D eigenvalue weighted by Crippen LogP contribution is -2.23. The number of carbonyl (C=O) groups is 1. The van der Waals surface area contributed by atoms with Crippen molar-refractivity contribution in [3.8, 4) is 5.75 Å². The van der Waals surface area contributed by atoms with E-state index in [0.29, 0.717) is 40.7 Å². The van der Waals surface area contributed by atoms with Crippen LogP contribution in [0.15, 0.2) is 140 Å². The Morgan fingerprint density at radius 1 is 0.622 bits per heavy atom. The van der Waals surface area contributed by atoms with E-state index in [2.05, 4.69) is 41.5 Å². The molecular formula is C34H32N8O3. The highest BCUT2D eigenvalue weighted by Gasteiger charge is 2.08. The number of rotatable bonds is 12. The van der Waals surface area contributed by atoms with E-state index in [-0.39, 0.29) is 0 Å². The van der Waals surface area contributed by atoms with Gasteiger partial charge in [0, 0.05) is 30.1 Å². The Hall–Kier alpha value is -5.81. The van der Waals surface area contributed by atoms with Crippen LogP contribution >= 0.6 is 0 Å². The molecule has 0 aliphatic heterocycles. The summed E-state index contributed by atoms with van der Waals surface area (Å²) < 4.78 is 5.15. The smallest absolute Gasteiger partial charge is 0.394 e. The average Bonchev–Trinajstić information content (AvgIpc) is 3.09. The van der Waals surface area contributed by atoms with Gasteiger partial charge < -0.3 is 14.9 Å². The predicted molar refractivity (Wildman–Crippen MR) is 175 cm³/mol. The van der Waals surface area contributed by atoms with Crippen LogP contribution in [-0.4, -0.2) is 19.7 Å². The van der Waals surface area contributed by atoms with Crippen LogP contribution in [0.4, 0.5) is 44.6 Å². The molecule has 11 heteroatoms. The molecule has 0 saturated heterocycles. The molecule has 0 aliphatic carbocycles. The van der Waals surface area contributed by atoms with E-state index >= 15 is 0 Å². The minimum absolute atomic E-state index is 0.339. The van der Waals surface area contributed by atoms with Crippen molar-refractivity contribution in [3.05, 3.63) is 109 Å². The fourth-order valence-corrected chi connectivity index (χ4v) is 4.12. The molecule has 5 aromatic carbocycles. The second kappa shape index (κ2) is 15.6. The monoisotopic (exact) mass is 600 g/mol. The zero-order valence-electron chi connectivity index (χ0n) is 24.9. The second-order valence-corrected chi connectivity index (χ2v) is 9.76. The van der Waals surface area contributed by atoms with Gasteiger partial charge in [0.1, 0.15) is 5.75 Å². The highest BCUT2D eigenvalue weighted by molar-refractivity contribution is 5.99. The van der Waals surface area contributed by atoms with Crippen molar-refractivity contribution in [1.82, 2.24) is 5.48 Å². The van der Waals surface area contributed by atoms with Crippen molar-refractivity contribution in [2.45, 2.75) is 19.8 Å². The van der Waals surface area contributed by atoms with Crippen LogP contribution in [0.2, 0.25) is 0 Å². The van der Waals surface area contributed by atoms with Gasteiger partial charge in [-0.2, -0.15) is 20.5 Å². The predicted octanol–water partition coefficient (Wildman–Crippen LogP) is 10.9. The minimum Gasteiger partial charge on any atom is -0.394 e. The summed E-state index contributed by atoms with van der Waals surface area (Å²) in [5.74, 6) is 0.339. The van der Waals surface area contributed by atoms with Crippen molar-refractivity contribution < 1.29 is 14.4 Å². The molecule has 0 bridgehead atoms. The fraction of sp³-hybridized carbons (Fsp3) is 0.147. The van der Waals surface area contributed by atoms with Crippen LogP contribution in [0.25, 0.3) is 10.8 Å². The van der Waals surface area contributed by atoms with Crippen molar-refractivity contribution in [2.75, 3.05) is 18.9 Å². The summed E-state index contributed by atoms with van der Waals surface area (Å²) in [5, 5.41) is 31.2. The number of hydrogen-bond donors (Lipinski definition) is 2. The Morgan fingerprint density at radius 3 is 1.58 bits per heavy atom. The molecule has 0 heterocycles. The normalized spacial score (nSPS) is 11.5. The maximum Gasteiger partial charge on any atom is 0.533 e. The highest BCUT2D eigenvalue weighted by Crippen LogP contribution is 2.35. The molecule has 2 N–H and O–H groups in total. The molecule has 0 unspecified atom stereocenters. The van der Waals surface area contributed by atoms with Crippen LogP contribution in [0, 0.1) is 0 Å². The standard InChI is InChI=1S/C34H32N8O3/c1-3-4-23-36-45-34(43)44-29-19-17-28(18-20-29)40-42-33-22-21-32(30-7-5-6-8-31(30)33)41-39-27-15-13-26(14-16-27)38-37-25-11-9-24(35-2)10-12-25/h5-22,35-36H,3-4,23H2,1-2H3. The molecule has 226 valence electrons. The number of carbonyl (C=O) groups excluding carboxylic acids is 1. The molecule has 45 heavy (non-hydrogen) atoms. The molecule has 0 aliphatic rings. The molecule has 5 aromatic rings. The Bertz CT molecular complexity index is 1800. The second-order valence-electron chi connectivity index (χ2n) is 9.76. The van der Waals surface area contributed by atoms with Gasteiger partial charge >= 0.3 is 6.16 Å². The molecule has 0 spiro atoms. The number of hydrogen-bond acceptors (Lipinski definition) is 11. The van der Waals surface area contributed by atoms with Gasteiger partial charge in [0.25, 0.3) is 0 Å². The van der Waals surface area contributed by atoms with Crippen molar-refractivity contribution in [3.63, 3.8) is 0 Å². The van der Waals surface area contributed by atoms with Crippen molar-refractivity contribution in [1.29, 1.82) is 0 Å². The summed E-state index contributed by atoms with van der Waals surface area (Å²) in [6.07, 6.45) is 1.06. The lowest BCUT2D eigenvalue weighted by molar-refractivity contribution is 0.0503. The van der Waals surface area contributed by atoms with E-state index in [4.69, 9.17) is 9.57 Å². The molecule has 5 rings (SSSR count). The van der Waals surface area contributed by atoms with Gasteiger partial charge in [0.2, 0.25) is 0 Å². The Labute approximate surface area is 260 Å². The molecule has 0 aromatic heterocycles. The first-order chi connectivity index (χ1) is 22.1. The number of hydroxylamine groups is 1. The molecule has 0 amide bonds. The number of ether oxygens (including phenoxy) is 1.